The molecule has 2 nitrogen and oxygen atoms in total. The number of ether oxygens (including phenoxy) is 2. The topological polar surface area (TPSA) is 18.5 Å². The van der Waals surface area contributed by atoms with Crippen molar-refractivity contribution in [1.82, 2.24) is 0 Å². The van der Waals surface area contributed by atoms with E-state index in [1.165, 1.54) is 12.8 Å². The van der Waals surface area contributed by atoms with Gasteiger partial charge in [-0.05, 0) is 97.6 Å². The van der Waals surface area contributed by atoms with Crippen molar-refractivity contribution in [3.05, 3.63) is 69.3 Å². The van der Waals surface area contributed by atoms with Gasteiger partial charge in [-0.25, -0.2) is 0 Å². The molecule has 1 aliphatic heterocycles. The average Bonchev–Trinajstić information content (AvgIpc) is 3.42. The zero-order valence-corrected chi connectivity index (χ0v) is 28.6. The highest BCUT2D eigenvalue weighted by Crippen LogP contribution is 2.40. The lowest BCUT2D eigenvalue weighted by molar-refractivity contribution is -0.0682. The van der Waals surface area contributed by atoms with Gasteiger partial charge < -0.3 is 9.47 Å². The summed E-state index contributed by atoms with van der Waals surface area (Å²) in [5.74, 6) is 33.8. The number of hydrogen-bond donors (Lipinski definition) is 0. The van der Waals surface area contributed by atoms with Crippen molar-refractivity contribution in [1.29, 1.82) is 0 Å². The first-order chi connectivity index (χ1) is 21.4. The summed E-state index contributed by atoms with van der Waals surface area (Å²) in [6.45, 7) is 17.0. The fourth-order valence-electron chi connectivity index (χ4n) is 5.07. The Morgan fingerprint density at radius 2 is 1.04 bits per heavy atom. The van der Waals surface area contributed by atoms with Gasteiger partial charge in [-0.15, -0.1) is 0 Å². The van der Waals surface area contributed by atoms with Crippen LogP contribution >= 0.6 is 0 Å². The Morgan fingerprint density at radius 3 is 1.53 bits per heavy atom. The van der Waals surface area contributed by atoms with E-state index in [2.05, 4.69) is 145 Å². The molecule has 2 aromatic rings. The summed E-state index contributed by atoms with van der Waals surface area (Å²) in [6, 6.07) is 10.3. The molecule has 0 amide bonds. The maximum absolute atomic E-state index is 6.50. The van der Waals surface area contributed by atoms with Crippen molar-refractivity contribution in [2.45, 2.75) is 125 Å². The maximum atomic E-state index is 6.50. The number of unbranched alkanes of at least 4 members (excludes halogenated alkanes) is 2. The fraction of sp³-hybridized carbons (Fsp3) is 0.488. The van der Waals surface area contributed by atoms with E-state index in [4.69, 9.17) is 9.47 Å². The van der Waals surface area contributed by atoms with Crippen LogP contribution in [0.4, 0.5) is 0 Å². The molecular formula is C43H48O2. The van der Waals surface area contributed by atoms with Crippen LogP contribution in [0, 0.1) is 70.0 Å². The van der Waals surface area contributed by atoms with E-state index in [0.29, 0.717) is 0 Å². The smallest absolute Gasteiger partial charge is 0.185 e. The van der Waals surface area contributed by atoms with Gasteiger partial charge in [0.05, 0.1) is 12.2 Å². The van der Waals surface area contributed by atoms with E-state index in [1.807, 2.05) is 0 Å². The zero-order chi connectivity index (χ0) is 32.5. The number of hydrogen-bond acceptors (Lipinski definition) is 2. The SMILES string of the molecule is CCCC#Cc1cc(C#CCCC)cc(C#Cc2cc(C#CC(C)(C)C)c(C3OC4CCCCC4O3)cc2C#CC(C)(C)C)c1. The molecule has 2 atom stereocenters. The third kappa shape index (κ3) is 10.6. The molecule has 1 aliphatic carbocycles. The molecule has 0 radical (unpaired) electrons. The minimum Gasteiger partial charge on any atom is -0.342 e. The molecule has 2 aliphatic rings. The summed E-state index contributed by atoms with van der Waals surface area (Å²) >= 11 is 0. The van der Waals surface area contributed by atoms with Crippen LogP contribution in [0.1, 0.15) is 152 Å². The summed E-state index contributed by atoms with van der Waals surface area (Å²) in [4.78, 5) is 0. The summed E-state index contributed by atoms with van der Waals surface area (Å²) in [5.41, 5.74) is 5.95. The second-order valence-electron chi connectivity index (χ2n) is 14.1. The van der Waals surface area contributed by atoms with Gasteiger partial charge in [-0.1, -0.05) is 85.9 Å². The molecule has 2 aromatic carbocycles. The van der Waals surface area contributed by atoms with E-state index in [-0.39, 0.29) is 23.0 Å². The molecule has 0 bridgehead atoms. The first-order valence-corrected chi connectivity index (χ1v) is 16.6. The van der Waals surface area contributed by atoms with Gasteiger partial charge in [-0.3, -0.25) is 0 Å². The molecule has 2 heteroatoms. The summed E-state index contributed by atoms with van der Waals surface area (Å²) in [7, 11) is 0. The van der Waals surface area contributed by atoms with E-state index in [1.54, 1.807) is 0 Å². The Morgan fingerprint density at radius 1 is 0.578 bits per heavy atom. The van der Waals surface area contributed by atoms with E-state index in [0.717, 1.165) is 77.5 Å². The van der Waals surface area contributed by atoms with Gasteiger partial charge in [0.2, 0.25) is 0 Å². The van der Waals surface area contributed by atoms with Gasteiger partial charge in [0.15, 0.2) is 6.29 Å². The summed E-state index contributed by atoms with van der Waals surface area (Å²) in [5, 5.41) is 0. The Balaban J connectivity index is 1.86. The molecule has 45 heavy (non-hydrogen) atoms. The first kappa shape index (κ1) is 34.0. The minimum absolute atomic E-state index is 0.137. The third-order valence-corrected chi connectivity index (χ3v) is 7.32. The van der Waals surface area contributed by atoms with Crippen LogP contribution in [0.25, 0.3) is 0 Å². The molecule has 0 spiro atoms. The standard InChI is InChI=1S/C43H48O2/c1-9-11-13-17-32-27-33(18-14-12-10-2)29-34(28-32)21-22-35-30-37(24-26-43(6,7)8)38(31-36(35)23-25-42(3,4)5)41-44-39-19-15-16-20-40(39)45-41/h27-31,39-41H,9-12,15-16,19-20H2,1-8H3. The Kier molecular flexibility index (Phi) is 11.7. The second-order valence-corrected chi connectivity index (χ2v) is 14.1. The molecule has 2 unspecified atom stereocenters. The normalized spacial score (nSPS) is 18.7. The molecule has 0 N–H and O–H groups in total. The van der Waals surface area contributed by atoms with Crippen molar-refractivity contribution < 1.29 is 9.47 Å². The lowest BCUT2D eigenvalue weighted by atomic mass is 9.93. The van der Waals surface area contributed by atoms with Crippen molar-refractivity contribution in [2.75, 3.05) is 0 Å². The van der Waals surface area contributed by atoms with Crippen LogP contribution in [-0.4, -0.2) is 12.2 Å². The van der Waals surface area contributed by atoms with Crippen LogP contribution < -0.4 is 0 Å². The molecule has 4 rings (SSSR count). The number of fused-ring (bicyclic) bond motifs is 1. The first-order valence-electron chi connectivity index (χ1n) is 16.6. The van der Waals surface area contributed by atoms with E-state index < -0.39 is 6.29 Å². The molecule has 0 aromatic heterocycles. The van der Waals surface area contributed by atoms with Crippen LogP contribution in [0.15, 0.2) is 30.3 Å². The molecule has 1 saturated carbocycles. The summed E-state index contributed by atoms with van der Waals surface area (Å²) < 4.78 is 13.0. The second kappa shape index (κ2) is 15.4. The zero-order valence-electron chi connectivity index (χ0n) is 28.6. The van der Waals surface area contributed by atoms with E-state index in [9.17, 15) is 0 Å². The monoisotopic (exact) mass is 596 g/mol. The van der Waals surface area contributed by atoms with E-state index >= 15 is 0 Å². The van der Waals surface area contributed by atoms with Crippen LogP contribution in [0.2, 0.25) is 0 Å². The van der Waals surface area contributed by atoms with Gasteiger partial charge >= 0.3 is 0 Å². The van der Waals surface area contributed by atoms with Crippen molar-refractivity contribution in [3.8, 4) is 59.2 Å². The quantitative estimate of drug-likeness (QED) is 0.329. The van der Waals surface area contributed by atoms with Crippen molar-refractivity contribution in [3.63, 3.8) is 0 Å². The predicted molar refractivity (Wildman–Crippen MR) is 186 cm³/mol. The summed E-state index contributed by atoms with van der Waals surface area (Å²) in [6.07, 6.45) is 8.05. The molecular weight excluding hydrogens is 548 g/mol. The largest absolute Gasteiger partial charge is 0.342 e. The van der Waals surface area contributed by atoms with Crippen molar-refractivity contribution >= 4 is 0 Å². The highest BCUT2D eigenvalue weighted by molar-refractivity contribution is 5.60. The molecule has 1 saturated heterocycles. The fourth-order valence-corrected chi connectivity index (χ4v) is 5.07. The van der Waals surface area contributed by atoms with Gasteiger partial charge in [0.25, 0.3) is 0 Å². The lowest BCUT2D eigenvalue weighted by Crippen LogP contribution is -2.25. The van der Waals surface area contributed by atoms with Gasteiger partial charge in [0.1, 0.15) is 0 Å². The number of benzene rings is 2. The van der Waals surface area contributed by atoms with Crippen LogP contribution in [0.3, 0.4) is 0 Å². The van der Waals surface area contributed by atoms with Crippen LogP contribution in [-0.2, 0) is 9.47 Å². The van der Waals surface area contributed by atoms with Gasteiger partial charge in [0, 0.05) is 62.6 Å². The number of rotatable bonds is 3. The highest BCUT2D eigenvalue weighted by Gasteiger charge is 2.39. The van der Waals surface area contributed by atoms with Crippen LogP contribution in [0.5, 0.6) is 0 Å². The highest BCUT2D eigenvalue weighted by atomic mass is 16.7. The molecule has 1 heterocycles. The average molecular weight is 597 g/mol. The third-order valence-electron chi connectivity index (χ3n) is 7.32. The predicted octanol–water partition coefficient (Wildman–Crippen LogP) is 9.54. The lowest BCUT2D eigenvalue weighted by Gasteiger charge is -2.21. The Bertz CT molecular complexity index is 1630. The molecule has 232 valence electrons. The van der Waals surface area contributed by atoms with Crippen molar-refractivity contribution in [2.24, 2.45) is 10.8 Å². The molecule has 2 fully saturated rings. The van der Waals surface area contributed by atoms with Gasteiger partial charge in [-0.2, -0.15) is 0 Å². The minimum atomic E-state index is -0.456. The Labute approximate surface area is 273 Å². The Hall–Kier alpha value is -3.84. The maximum Gasteiger partial charge on any atom is 0.185 e.